The van der Waals surface area contributed by atoms with E-state index in [2.05, 4.69) is 10.8 Å². The quantitative estimate of drug-likeness (QED) is 0.478. The first kappa shape index (κ1) is 11.2. The Bertz CT molecular complexity index is 253. The van der Waals surface area contributed by atoms with Crippen molar-refractivity contribution < 1.29 is 17.4 Å². The van der Waals surface area contributed by atoms with Gasteiger partial charge in [0.15, 0.2) is 0 Å². The number of carbonyl (C=O) groups excluding carboxylic acids is 1. The van der Waals surface area contributed by atoms with E-state index in [0.717, 1.165) is 0 Å². The standard InChI is InChI=1S/C7H12O4S/c1-3-5-6-7(8)11-12(9,10)4-2/h3H,1,4-6H2,2H3. The predicted octanol–water partition coefficient (Wildman–Crippen LogP) is 0.846. The fraction of sp³-hybridized carbons (Fsp3) is 0.571. The van der Waals surface area contributed by atoms with Crippen LogP contribution < -0.4 is 0 Å². The molecule has 0 N–H and O–H groups in total. The summed E-state index contributed by atoms with van der Waals surface area (Å²) >= 11 is 0. The molecule has 0 fully saturated rings. The Hall–Kier alpha value is -0.840. The summed E-state index contributed by atoms with van der Waals surface area (Å²) in [5.74, 6) is -0.913. The zero-order valence-electron chi connectivity index (χ0n) is 6.95. The van der Waals surface area contributed by atoms with Crippen LogP contribution in [0.2, 0.25) is 0 Å². The molecular weight excluding hydrogens is 180 g/mol. The summed E-state index contributed by atoms with van der Waals surface area (Å²) in [6.07, 6.45) is 2.01. The van der Waals surface area contributed by atoms with E-state index in [1.807, 2.05) is 0 Å². The molecule has 5 heteroatoms. The summed E-state index contributed by atoms with van der Waals surface area (Å²) in [5, 5.41) is 0. The van der Waals surface area contributed by atoms with Crippen molar-refractivity contribution in [3.05, 3.63) is 12.7 Å². The van der Waals surface area contributed by atoms with Crippen LogP contribution in [-0.4, -0.2) is 20.1 Å². The Morgan fingerprint density at radius 1 is 1.58 bits per heavy atom. The number of carbonyl (C=O) groups is 1. The van der Waals surface area contributed by atoms with Gasteiger partial charge in [-0.2, -0.15) is 8.42 Å². The highest BCUT2D eigenvalue weighted by Crippen LogP contribution is 1.99. The molecule has 0 atom stereocenters. The van der Waals surface area contributed by atoms with Gasteiger partial charge in [0.05, 0.1) is 12.2 Å². The van der Waals surface area contributed by atoms with Crippen LogP contribution in [0.3, 0.4) is 0 Å². The SMILES string of the molecule is C=CCCC(=O)OS(=O)(=O)CC. The zero-order chi connectivity index (χ0) is 9.61. The van der Waals surface area contributed by atoms with Crippen LogP contribution >= 0.6 is 0 Å². The highest BCUT2D eigenvalue weighted by Gasteiger charge is 2.12. The molecule has 0 radical (unpaired) electrons. The maximum atomic E-state index is 10.7. The molecule has 0 aliphatic rings. The van der Waals surface area contributed by atoms with E-state index < -0.39 is 16.1 Å². The molecule has 0 saturated carbocycles. The molecule has 70 valence electrons. The maximum Gasteiger partial charge on any atom is 0.322 e. The van der Waals surface area contributed by atoms with E-state index >= 15 is 0 Å². The van der Waals surface area contributed by atoms with Crippen molar-refractivity contribution in [1.82, 2.24) is 0 Å². The summed E-state index contributed by atoms with van der Waals surface area (Å²) in [6.45, 7) is 4.80. The largest absolute Gasteiger partial charge is 0.346 e. The first-order chi connectivity index (χ1) is 5.52. The number of allylic oxidation sites excluding steroid dienone is 1. The highest BCUT2D eigenvalue weighted by atomic mass is 32.2. The van der Waals surface area contributed by atoms with Gasteiger partial charge in [0.1, 0.15) is 0 Å². The number of hydrogen-bond donors (Lipinski definition) is 0. The van der Waals surface area contributed by atoms with E-state index in [1.54, 1.807) is 0 Å². The monoisotopic (exact) mass is 192 g/mol. The lowest BCUT2D eigenvalue weighted by molar-refractivity contribution is -0.133. The molecule has 0 spiro atoms. The van der Waals surface area contributed by atoms with Crippen molar-refractivity contribution in [2.24, 2.45) is 0 Å². The molecule has 0 aliphatic heterocycles. The molecule has 0 heterocycles. The third-order valence-electron chi connectivity index (χ3n) is 1.13. The minimum absolute atomic E-state index is 0.0583. The Kier molecular flexibility index (Phi) is 4.58. The first-order valence-corrected chi connectivity index (χ1v) is 5.15. The van der Waals surface area contributed by atoms with Gasteiger partial charge in [-0.25, -0.2) is 0 Å². The summed E-state index contributed by atoms with van der Waals surface area (Å²) in [7, 11) is -3.63. The van der Waals surface area contributed by atoms with Gasteiger partial charge in [-0.3, -0.25) is 4.79 Å². The van der Waals surface area contributed by atoms with Crippen molar-refractivity contribution >= 4 is 16.1 Å². The van der Waals surface area contributed by atoms with Gasteiger partial charge in [0, 0.05) is 0 Å². The van der Waals surface area contributed by atoms with Crippen molar-refractivity contribution in [3.8, 4) is 0 Å². The van der Waals surface area contributed by atoms with E-state index in [0.29, 0.717) is 6.42 Å². The molecule has 0 aromatic carbocycles. The van der Waals surface area contributed by atoms with E-state index in [9.17, 15) is 13.2 Å². The molecule has 0 bridgehead atoms. The average molecular weight is 192 g/mol. The Morgan fingerprint density at radius 2 is 2.17 bits per heavy atom. The summed E-state index contributed by atoms with van der Waals surface area (Å²) < 4.78 is 25.6. The second-order valence-electron chi connectivity index (χ2n) is 2.13. The zero-order valence-corrected chi connectivity index (χ0v) is 7.76. The summed E-state index contributed by atoms with van der Waals surface area (Å²) in [5.41, 5.74) is 0. The Labute approximate surface area is 72.3 Å². The molecule has 0 aromatic rings. The van der Waals surface area contributed by atoms with E-state index in [4.69, 9.17) is 0 Å². The van der Waals surface area contributed by atoms with Gasteiger partial charge >= 0.3 is 16.1 Å². The fourth-order valence-electron chi connectivity index (χ4n) is 0.462. The molecule has 0 saturated heterocycles. The number of rotatable bonds is 5. The molecule has 0 unspecified atom stereocenters. The molecule has 0 aromatic heterocycles. The molecule has 0 rings (SSSR count). The van der Waals surface area contributed by atoms with Gasteiger partial charge < -0.3 is 4.18 Å². The summed E-state index contributed by atoms with van der Waals surface area (Å²) in [4.78, 5) is 10.7. The third kappa shape index (κ3) is 4.90. The summed E-state index contributed by atoms with van der Waals surface area (Å²) in [6, 6.07) is 0. The topological polar surface area (TPSA) is 60.4 Å². The van der Waals surface area contributed by atoms with Crippen LogP contribution in [0.4, 0.5) is 0 Å². The van der Waals surface area contributed by atoms with Crippen LogP contribution in [0, 0.1) is 0 Å². The molecule has 0 aliphatic carbocycles. The molecule has 4 nitrogen and oxygen atoms in total. The van der Waals surface area contributed by atoms with E-state index in [-0.39, 0.29) is 12.2 Å². The van der Waals surface area contributed by atoms with E-state index in [1.165, 1.54) is 13.0 Å². The minimum Gasteiger partial charge on any atom is -0.346 e. The van der Waals surface area contributed by atoms with Crippen molar-refractivity contribution in [2.75, 3.05) is 5.75 Å². The second-order valence-corrected chi connectivity index (χ2v) is 3.99. The fourth-order valence-corrected chi connectivity index (χ4v) is 0.947. The highest BCUT2D eigenvalue weighted by molar-refractivity contribution is 7.87. The van der Waals surface area contributed by atoms with Crippen molar-refractivity contribution in [3.63, 3.8) is 0 Å². The van der Waals surface area contributed by atoms with Gasteiger partial charge in [-0.15, -0.1) is 6.58 Å². The smallest absolute Gasteiger partial charge is 0.322 e. The van der Waals surface area contributed by atoms with Gasteiger partial charge in [0.25, 0.3) is 0 Å². The molecule has 0 amide bonds. The van der Waals surface area contributed by atoms with Gasteiger partial charge in [-0.05, 0) is 13.3 Å². The Morgan fingerprint density at radius 3 is 2.58 bits per heavy atom. The normalized spacial score (nSPS) is 10.8. The van der Waals surface area contributed by atoms with Gasteiger partial charge in [-0.1, -0.05) is 6.08 Å². The average Bonchev–Trinajstić information content (AvgIpc) is 2.00. The lowest BCUT2D eigenvalue weighted by Gasteiger charge is -2.00. The lowest BCUT2D eigenvalue weighted by atomic mass is 10.3. The number of hydrogen-bond acceptors (Lipinski definition) is 4. The minimum atomic E-state index is -3.63. The molecular formula is C7H12O4S. The Balaban J connectivity index is 3.93. The third-order valence-corrected chi connectivity index (χ3v) is 2.27. The first-order valence-electron chi connectivity index (χ1n) is 3.57. The predicted molar refractivity (Wildman–Crippen MR) is 45.0 cm³/mol. The van der Waals surface area contributed by atoms with Crippen LogP contribution in [0.5, 0.6) is 0 Å². The second kappa shape index (κ2) is 4.92. The van der Waals surface area contributed by atoms with Crippen LogP contribution in [-0.2, 0) is 19.1 Å². The molecule has 12 heavy (non-hydrogen) atoms. The maximum absolute atomic E-state index is 10.7. The van der Waals surface area contributed by atoms with Crippen LogP contribution in [0.1, 0.15) is 19.8 Å². The van der Waals surface area contributed by atoms with Crippen molar-refractivity contribution in [2.45, 2.75) is 19.8 Å². The lowest BCUT2D eigenvalue weighted by Crippen LogP contribution is -2.14. The van der Waals surface area contributed by atoms with Crippen LogP contribution in [0.25, 0.3) is 0 Å². The van der Waals surface area contributed by atoms with Crippen LogP contribution in [0.15, 0.2) is 12.7 Å². The van der Waals surface area contributed by atoms with Crippen molar-refractivity contribution in [1.29, 1.82) is 0 Å². The van der Waals surface area contributed by atoms with Gasteiger partial charge in [0.2, 0.25) is 0 Å².